The number of rotatable bonds is 7. The van der Waals surface area contributed by atoms with E-state index in [1.807, 2.05) is 55.5 Å². The van der Waals surface area contributed by atoms with Crippen molar-refractivity contribution in [2.24, 2.45) is 0 Å². The Morgan fingerprint density at radius 2 is 1.97 bits per heavy atom. The van der Waals surface area contributed by atoms with Gasteiger partial charge in [-0.3, -0.25) is 4.79 Å². The molecule has 1 atom stereocenters. The van der Waals surface area contributed by atoms with Crippen LogP contribution in [0.5, 0.6) is 0 Å². The summed E-state index contributed by atoms with van der Waals surface area (Å²) in [5.41, 5.74) is 0.834. The summed E-state index contributed by atoms with van der Waals surface area (Å²) in [4.78, 5) is 12.9. The largest absolute Gasteiger partial charge is 0.325 e. The second-order valence-electron chi connectivity index (χ2n) is 7.85. The lowest BCUT2D eigenvalue weighted by Gasteiger charge is -2.21. The fraction of sp³-hybridized carbons (Fsp3) is 0.375. The average Bonchev–Trinajstić information content (AvgIpc) is 3.17. The first-order chi connectivity index (χ1) is 14.7. The van der Waals surface area contributed by atoms with Crippen molar-refractivity contribution in [3.63, 3.8) is 0 Å². The Morgan fingerprint density at radius 3 is 2.77 bits per heavy atom. The standard InChI is InChI=1S/C24H28N4OS/c1-3-16-28-22(19-11-5-4-6-12-19)26-27-24(28)30-17(2)23(29)25-21-15-9-13-18-10-7-8-14-20(18)21/h3,7-10,13-15,17,19H,1,4-6,11-12,16H2,2H3,(H,25,29). The molecule has 1 amide bonds. The van der Waals surface area contributed by atoms with Gasteiger partial charge in [0.25, 0.3) is 0 Å². The van der Waals surface area contributed by atoms with Crippen molar-refractivity contribution in [3.8, 4) is 0 Å². The molecule has 1 saturated carbocycles. The Balaban J connectivity index is 1.50. The van der Waals surface area contributed by atoms with Gasteiger partial charge in [0.1, 0.15) is 5.82 Å². The first kappa shape index (κ1) is 20.7. The highest BCUT2D eigenvalue weighted by atomic mass is 32.2. The third-order valence-electron chi connectivity index (χ3n) is 5.73. The van der Waals surface area contributed by atoms with Gasteiger partial charge in [-0.1, -0.05) is 73.5 Å². The molecule has 156 valence electrons. The Bertz CT molecular complexity index is 1030. The van der Waals surface area contributed by atoms with E-state index >= 15 is 0 Å². The Morgan fingerprint density at radius 1 is 1.20 bits per heavy atom. The number of carbonyl (C=O) groups is 1. The molecule has 2 aromatic carbocycles. The van der Waals surface area contributed by atoms with Crippen LogP contribution in [-0.2, 0) is 11.3 Å². The number of hydrogen-bond donors (Lipinski definition) is 1. The van der Waals surface area contributed by atoms with E-state index in [4.69, 9.17) is 0 Å². The van der Waals surface area contributed by atoms with E-state index in [0.29, 0.717) is 12.5 Å². The zero-order chi connectivity index (χ0) is 20.9. The van der Waals surface area contributed by atoms with Crippen LogP contribution in [0.1, 0.15) is 50.8 Å². The number of thioether (sulfide) groups is 1. The molecule has 6 heteroatoms. The van der Waals surface area contributed by atoms with Crippen molar-refractivity contribution in [1.82, 2.24) is 14.8 Å². The Hall–Kier alpha value is -2.60. The summed E-state index contributed by atoms with van der Waals surface area (Å²) in [6.07, 6.45) is 8.00. The lowest BCUT2D eigenvalue weighted by atomic mass is 9.89. The molecular formula is C24H28N4OS. The van der Waals surface area contributed by atoms with Gasteiger partial charge < -0.3 is 9.88 Å². The van der Waals surface area contributed by atoms with Crippen molar-refractivity contribution in [3.05, 3.63) is 60.9 Å². The second kappa shape index (κ2) is 9.47. The first-order valence-electron chi connectivity index (χ1n) is 10.7. The lowest BCUT2D eigenvalue weighted by Crippen LogP contribution is -2.23. The van der Waals surface area contributed by atoms with Crippen LogP contribution < -0.4 is 5.32 Å². The third kappa shape index (κ3) is 4.43. The summed E-state index contributed by atoms with van der Waals surface area (Å²) >= 11 is 1.46. The molecule has 1 aliphatic rings. The molecule has 1 unspecified atom stereocenters. The fourth-order valence-corrected chi connectivity index (χ4v) is 5.00. The minimum absolute atomic E-state index is 0.0382. The number of amides is 1. The maximum Gasteiger partial charge on any atom is 0.237 e. The summed E-state index contributed by atoms with van der Waals surface area (Å²) in [6, 6.07) is 14.0. The molecule has 1 fully saturated rings. The maximum absolute atomic E-state index is 12.9. The van der Waals surface area contributed by atoms with Crippen LogP contribution >= 0.6 is 11.8 Å². The SMILES string of the molecule is C=CCn1c(SC(C)C(=O)Nc2cccc3ccccc23)nnc1C1CCCCC1. The van der Waals surface area contributed by atoms with Crippen molar-refractivity contribution < 1.29 is 4.79 Å². The molecule has 1 aliphatic carbocycles. The van der Waals surface area contributed by atoms with Gasteiger partial charge in [-0.2, -0.15) is 0 Å². The smallest absolute Gasteiger partial charge is 0.237 e. The molecular weight excluding hydrogens is 392 g/mol. The van der Waals surface area contributed by atoms with Crippen LogP contribution in [0.15, 0.2) is 60.3 Å². The number of anilines is 1. The van der Waals surface area contributed by atoms with Gasteiger partial charge in [0, 0.05) is 23.5 Å². The van der Waals surface area contributed by atoms with Crippen LogP contribution in [0.25, 0.3) is 10.8 Å². The predicted molar refractivity (Wildman–Crippen MR) is 124 cm³/mol. The Labute approximate surface area is 182 Å². The van der Waals surface area contributed by atoms with E-state index < -0.39 is 0 Å². The molecule has 0 aliphatic heterocycles. The van der Waals surface area contributed by atoms with Crippen LogP contribution in [-0.4, -0.2) is 25.9 Å². The molecule has 5 nitrogen and oxygen atoms in total. The number of benzene rings is 2. The zero-order valence-electron chi connectivity index (χ0n) is 17.4. The quantitative estimate of drug-likeness (QED) is 0.388. The normalized spacial score (nSPS) is 15.8. The topological polar surface area (TPSA) is 59.8 Å². The fourth-order valence-electron chi connectivity index (χ4n) is 4.13. The van der Waals surface area contributed by atoms with Gasteiger partial charge >= 0.3 is 0 Å². The molecule has 0 bridgehead atoms. The molecule has 4 rings (SSSR count). The number of nitrogens with zero attached hydrogens (tertiary/aromatic N) is 3. The highest BCUT2D eigenvalue weighted by Crippen LogP contribution is 2.34. The van der Waals surface area contributed by atoms with Crippen LogP contribution in [0.3, 0.4) is 0 Å². The summed E-state index contributed by atoms with van der Waals surface area (Å²) in [6.45, 7) is 6.48. The highest BCUT2D eigenvalue weighted by molar-refractivity contribution is 8.00. The molecule has 0 radical (unpaired) electrons. The second-order valence-corrected chi connectivity index (χ2v) is 9.16. The van der Waals surface area contributed by atoms with E-state index in [2.05, 4.69) is 26.7 Å². The van der Waals surface area contributed by atoms with Gasteiger partial charge in [0.2, 0.25) is 5.91 Å². The molecule has 1 N–H and O–H groups in total. The molecule has 30 heavy (non-hydrogen) atoms. The molecule has 0 saturated heterocycles. The van der Waals surface area contributed by atoms with Gasteiger partial charge in [-0.25, -0.2) is 0 Å². The number of aromatic nitrogens is 3. The van der Waals surface area contributed by atoms with Crippen LogP contribution in [0, 0.1) is 0 Å². The predicted octanol–water partition coefficient (Wildman–Crippen LogP) is 5.78. The van der Waals surface area contributed by atoms with Crippen molar-refractivity contribution in [1.29, 1.82) is 0 Å². The van der Waals surface area contributed by atoms with Gasteiger partial charge in [-0.15, -0.1) is 16.8 Å². The van der Waals surface area contributed by atoms with E-state index in [1.165, 1.54) is 31.0 Å². The first-order valence-corrected chi connectivity index (χ1v) is 11.5. The van der Waals surface area contributed by atoms with Crippen molar-refractivity contribution in [2.75, 3.05) is 5.32 Å². The minimum Gasteiger partial charge on any atom is -0.325 e. The van der Waals surface area contributed by atoms with Crippen LogP contribution in [0.2, 0.25) is 0 Å². The number of allylic oxidation sites excluding steroid dienone is 1. The van der Waals surface area contributed by atoms with Crippen molar-refractivity contribution in [2.45, 2.75) is 61.9 Å². The zero-order valence-corrected chi connectivity index (χ0v) is 18.2. The number of carbonyl (C=O) groups excluding carboxylic acids is 1. The number of nitrogens with one attached hydrogen (secondary N) is 1. The van der Waals surface area contributed by atoms with Gasteiger partial charge in [0.15, 0.2) is 5.16 Å². The molecule has 3 aromatic rings. The van der Waals surface area contributed by atoms with E-state index in [0.717, 1.165) is 40.3 Å². The monoisotopic (exact) mass is 420 g/mol. The van der Waals surface area contributed by atoms with Gasteiger partial charge in [-0.05, 0) is 31.2 Å². The molecule has 0 spiro atoms. The van der Waals surface area contributed by atoms with E-state index in [1.54, 1.807) is 0 Å². The Kier molecular flexibility index (Phi) is 6.53. The third-order valence-corrected chi connectivity index (χ3v) is 6.81. The number of hydrogen-bond acceptors (Lipinski definition) is 4. The lowest BCUT2D eigenvalue weighted by molar-refractivity contribution is -0.115. The maximum atomic E-state index is 12.9. The van der Waals surface area contributed by atoms with E-state index in [9.17, 15) is 4.79 Å². The molecule has 1 heterocycles. The highest BCUT2D eigenvalue weighted by Gasteiger charge is 2.25. The molecule has 1 aromatic heterocycles. The number of fused-ring (bicyclic) bond motifs is 1. The van der Waals surface area contributed by atoms with Crippen LogP contribution in [0.4, 0.5) is 5.69 Å². The summed E-state index contributed by atoms with van der Waals surface area (Å²) in [5, 5.41) is 14.7. The van der Waals surface area contributed by atoms with Gasteiger partial charge in [0.05, 0.1) is 5.25 Å². The summed E-state index contributed by atoms with van der Waals surface area (Å²) in [7, 11) is 0. The minimum atomic E-state index is -0.295. The average molecular weight is 421 g/mol. The van der Waals surface area contributed by atoms with E-state index in [-0.39, 0.29) is 11.2 Å². The summed E-state index contributed by atoms with van der Waals surface area (Å²) < 4.78 is 2.13. The summed E-state index contributed by atoms with van der Waals surface area (Å²) in [5.74, 6) is 1.46. The van der Waals surface area contributed by atoms with Crippen molar-refractivity contribution >= 4 is 34.1 Å².